The highest BCUT2D eigenvalue weighted by molar-refractivity contribution is 7.99. The summed E-state index contributed by atoms with van der Waals surface area (Å²) >= 11 is 1.81. The van der Waals surface area contributed by atoms with Crippen LogP contribution in [0.1, 0.15) is 5.69 Å². The molecular weight excluding hydrogens is 351 g/mol. The van der Waals surface area contributed by atoms with Crippen molar-refractivity contribution < 1.29 is 4.39 Å². The van der Waals surface area contributed by atoms with Gasteiger partial charge in [-0.2, -0.15) is 0 Å². The van der Waals surface area contributed by atoms with Gasteiger partial charge in [0.25, 0.3) is 0 Å². The second kappa shape index (κ2) is 7.57. The van der Waals surface area contributed by atoms with Gasteiger partial charge in [0.15, 0.2) is 11.1 Å². The molecule has 1 aromatic carbocycles. The van der Waals surface area contributed by atoms with Crippen LogP contribution in [0.2, 0.25) is 0 Å². The molecule has 26 heavy (non-hydrogen) atoms. The summed E-state index contributed by atoms with van der Waals surface area (Å²) in [7, 11) is 0. The lowest BCUT2D eigenvalue weighted by Gasteiger charge is -2.36. The molecule has 0 amide bonds. The van der Waals surface area contributed by atoms with Crippen molar-refractivity contribution in [1.29, 1.82) is 0 Å². The standard InChI is InChI=1S/C18H23FN6S/c19-14-1-3-16(4-2-14)23-7-9-24(10-8-23)17(20)21-6-5-15-13-25-11-12-26-18(25)22-15/h1-4,13H,5-12H2,(H2,20,21). The van der Waals surface area contributed by atoms with E-state index in [-0.39, 0.29) is 5.82 Å². The maximum absolute atomic E-state index is 13.0. The zero-order valence-electron chi connectivity index (χ0n) is 14.6. The molecule has 138 valence electrons. The van der Waals surface area contributed by atoms with E-state index in [1.165, 1.54) is 12.1 Å². The summed E-state index contributed by atoms with van der Waals surface area (Å²) in [5, 5.41) is 1.12. The van der Waals surface area contributed by atoms with Crippen LogP contribution in [0.25, 0.3) is 0 Å². The number of hydrogen-bond donors (Lipinski definition) is 1. The summed E-state index contributed by atoms with van der Waals surface area (Å²) in [5.41, 5.74) is 8.30. The van der Waals surface area contributed by atoms with E-state index in [0.29, 0.717) is 12.5 Å². The van der Waals surface area contributed by atoms with Crippen molar-refractivity contribution in [2.24, 2.45) is 10.7 Å². The number of nitrogens with zero attached hydrogens (tertiary/aromatic N) is 5. The van der Waals surface area contributed by atoms with Gasteiger partial charge in [0, 0.05) is 63.3 Å². The Morgan fingerprint density at radius 2 is 1.92 bits per heavy atom. The summed E-state index contributed by atoms with van der Waals surface area (Å²) in [6.45, 7) is 5.06. The van der Waals surface area contributed by atoms with Crippen LogP contribution in [-0.2, 0) is 13.0 Å². The number of anilines is 1. The number of benzene rings is 1. The van der Waals surface area contributed by atoms with Crippen molar-refractivity contribution in [2.45, 2.75) is 18.1 Å². The van der Waals surface area contributed by atoms with Crippen LogP contribution in [0.5, 0.6) is 0 Å². The van der Waals surface area contributed by atoms with E-state index >= 15 is 0 Å². The Hall–Kier alpha value is -2.22. The van der Waals surface area contributed by atoms with Crippen LogP contribution < -0.4 is 10.6 Å². The first-order valence-electron chi connectivity index (χ1n) is 8.93. The minimum Gasteiger partial charge on any atom is -0.370 e. The van der Waals surface area contributed by atoms with Crippen LogP contribution >= 0.6 is 11.8 Å². The molecule has 2 N–H and O–H groups in total. The predicted molar refractivity (Wildman–Crippen MR) is 103 cm³/mol. The van der Waals surface area contributed by atoms with Gasteiger partial charge < -0.3 is 20.1 Å². The van der Waals surface area contributed by atoms with Gasteiger partial charge in [-0.15, -0.1) is 0 Å². The largest absolute Gasteiger partial charge is 0.370 e. The number of rotatable bonds is 4. The smallest absolute Gasteiger partial charge is 0.191 e. The Balaban J connectivity index is 1.26. The lowest BCUT2D eigenvalue weighted by atomic mass is 10.2. The molecule has 0 atom stereocenters. The molecule has 2 aliphatic rings. The third-order valence-electron chi connectivity index (χ3n) is 4.79. The summed E-state index contributed by atoms with van der Waals surface area (Å²) in [5.74, 6) is 1.52. The highest BCUT2D eigenvalue weighted by Gasteiger charge is 2.19. The van der Waals surface area contributed by atoms with Crippen molar-refractivity contribution in [1.82, 2.24) is 14.5 Å². The summed E-state index contributed by atoms with van der Waals surface area (Å²) in [6, 6.07) is 6.65. The van der Waals surface area contributed by atoms with Crippen molar-refractivity contribution in [3.8, 4) is 0 Å². The van der Waals surface area contributed by atoms with E-state index in [4.69, 9.17) is 5.73 Å². The molecule has 2 aliphatic heterocycles. The Kier molecular flexibility index (Phi) is 5.01. The number of aliphatic imine (C=N–C) groups is 1. The molecule has 0 radical (unpaired) electrons. The molecule has 1 fully saturated rings. The first kappa shape index (κ1) is 17.2. The highest BCUT2D eigenvalue weighted by Crippen LogP contribution is 2.24. The number of aromatic nitrogens is 2. The molecule has 0 unspecified atom stereocenters. The van der Waals surface area contributed by atoms with Gasteiger partial charge in [-0.3, -0.25) is 4.99 Å². The van der Waals surface area contributed by atoms with Crippen LogP contribution in [-0.4, -0.2) is 58.9 Å². The number of imidazole rings is 1. The summed E-state index contributed by atoms with van der Waals surface area (Å²) < 4.78 is 15.3. The quantitative estimate of drug-likeness (QED) is 0.653. The molecule has 0 spiro atoms. The molecule has 0 aliphatic carbocycles. The van der Waals surface area contributed by atoms with E-state index in [2.05, 4.69) is 30.5 Å². The molecule has 4 rings (SSSR count). The van der Waals surface area contributed by atoms with Gasteiger partial charge >= 0.3 is 0 Å². The van der Waals surface area contributed by atoms with Crippen molar-refractivity contribution in [3.63, 3.8) is 0 Å². The number of fused-ring (bicyclic) bond motifs is 1. The van der Waals surface area contributed by atoms with E-state index in [1.54, 1.807) is 0 Å². The zero-order chi connectivity index (χ0) is 17.9. The van der Waals surface area contributed by atoms with Crippen molar-refractivity contribution in [3.05, 3.63) is 42.0 Å². The molecule has 0 bridgehead atoms. The molecular formula is C18H23FN6S. The Morgan fingerprint density at radius 1 is 1.15 bits per heavy atom. The first-order valence-corrected chi connectivity index (χ1v) is 9.92. The number of thioether (sulfide) groups is 1. The third-order valence-corrected chi connectivity index (χ3v) is 5.76. The van der Waals surface area contributed by atoms with E-state index in [9.17, 15) is 4.39 Å². The maximum Gasteiger partial charge on any atom is 0.191 e. The van der Waals surface area contributed by atoms with E-state index in [0.717, 1.165) is 61.4 Å². The monoisotopic (exact) mass is 374 g/mol. The molecule has 3 heterocycles. The van der Waals surface area contributed by atoms with Gasteiger partial charge in [-0.1, -0.05) is 11.8 Å². The number of halogens is 1. The van der Waals surface area contributed by atoms with E-state index in [1.807, 2.05) is 23.9 Å². The SMILES string of the molecule is NC(=NCCc1cn2c(n1)SCC2)N1CCN(c2ccc(F)cc2)CC1. The van der Waals surface area contributed by atoms with Crippen LogP contribution in [0.3, 0.4) is 0 Å². The zero-order valence-corrected chi connectivity index (χ0v) is 15.5. The minimum absolute atomic E-state index is 0.203. The number of nitrogens with two attached hydrogens (primary N) is 1. The molecule has 1 saturated heterocycles. The predicted octanol–water partition coefficient (Wildman–Crippen LogP) is 1.81. The molecule has 8 heteroatoms. The van der Waals surface area contributed by atoms with Gasteiger partial charge in [0.05, 0.1) is 5.69 Å². The van der Waals surface area contributed by atoms with Crippen LogP contribution in [0.4, 0.5) is 10.1 Å². The lowest BCUT2D eigenvalue weighted by Crippen LogP contribution is -2.51. The lowest BCUT2D eigenvalue weighted by molar-refractivity contribution is 0.381. The summed E-state index contributed by atoms with van der Waals surface area (Å²) in [4.78, 5) is 13.5. The Morgan fingerprint density at radius 3 is 2.65 bits per heavy atom. The fraction of sp³-hybridized carbons (Fsp3) is 0.444. The minimum atomic E-state index is -0.203. The number of hydrogen-bond acceptors (Lipinski definition) is 4. The van der Waals surface area contributed by atoms with Gasteiger partial charge in [-0.05, 0) is 24.3 Å². The van der Waals surface area contributed by atoms with Crippen molar-refractivity contribution in [2.75, 3.05) is 43.4 Å². The molecule has 1 aromatic heterocycles. The fourth-order valence-electron chi connectivity index (χ4n) is 3.31. The second-order valence-corrected chi connectivity index (χ2v) is 7.56. The van der Waals surface area contributed by atoms with E-state index < -0.39 is 0 Å². The molecule has 6 nitrogen and oxygen atoms in total. The number of guanidine groups is 1. The van der Waals surface area contributed by atoms with Gasteiger partial charge in [0.2, 0.25) is 0 Å². The topological polar surface area (TPSA) is 62.7 Å². The average molecular weight is 374 g/mol. The highest BCUT2D eigenvalue weighted by atomic mass is 32.2. The molecule has 2 aromatic rings. The summed E-state index contributed by atoms with van der Waals surface area (Å²) in [6.07, 6.45) is 2.94. The first-order chi connectivity index (χ1) is 12.7. The Labute approximate surface area is 156 Å². The Bertz CT molecular complexity index is 758. The van der Waals surface area contributed by atoms with Crippen LogP contribution in [0.15, 0.2) is 40.6 Å². The number of aryl methyl sites for hydroxylation is 1. The third kappa shape index (κ3) is 3.80. The van der Waals surface area contributed by atoms with Crippen molar-refractivity contribution >= 4 is 23.4 Å². The maximum atomic E-state index is 13.0. The van der Waals surface area contributed by atoms with Crippen LogP contribution in [0, 0.1) is 5.82 Å². The van der Waals surface area contributed by atoms with Gasteiger partial charge in [0.1, 0.15) is 5.82 Å². The fourth-order valence-corrected chi connectivity index (χ4v) is 4.27. The van der Waals surface area contributed by atoms with Gasteiger partial charge in [-0.25, -0.2) is 9.37 Å². The number of piperazine rings is 1. The second-order valence-electron chi connectivity index (χ2n) is 6.50. The normalized spacial score (nSPS) is 17.7. The molecule has 0 saturated carbocycles. The average Bonchev–Trinajstić information content (AvgIpc) is 3.24.